The summed E-state index contributed by atoms with van der Waals surface area (Å²) >= 11 is 15.2. The molecular formula is C14H10BrCl2NO3. The first kappa shape index (κ1) is 16.2. The molecule has 1 aromatic rings. The zero-order valence-electron chi connectivity index (χ0n) is 10.8. The molecule has 0 saturated heterocycles. The number of nitrogens with zero attached hydrogens (tertiary/aromatic N) is 1. The van der Waals surface area contributed by atoms with Crippen LogP contribution in [0.4, 0.5) is 0 Å². The minimum Gasteiger partial charge on any atom is -0.312 e. The molecule has 0 fully saturated rings. The molecule has 0 bridgehead atoms. The second-order valence-electron chi connectivity index (χ2n) is 4.40. The third-order valence-electron chi connectivity index (χ3n) is 2.86. The van der Waals surface area contributed by atoms with Crippen molar-refractivity contribution in [2.45, 2.75) is 17.7 Å². The van der Waals surface area contributed by atoms with Gasteiger partial charge in [0.15, 0.2) is 5.78 Å². The van der Waals surface area contributed by atoms with Crippen molar-refractivity contribution >= 4 is 56.6 Å². The van der Waals surface area contributed by atoms with Gasteiger partial charge >= 0.3 is 5.97 Å². The summed E-state index contributed by atoms with van der Waals surface area (Å²) in [6.07, 6.45) is 1.34. The number of halogens is 3. The molecule has 0 amide bonds. The smallest absolute Gasteiger partial charge is 0.312 e. The summed E-state index contributed by atoms with van der Waals surface area (Å²) in [6, 6.07) is 6.63. The fourth-order valence-electron chi connectivity index (χ4n) is 1.72. The lowest BCUT2D eigenvalue weighted by atomic mass is 9.97. The zero-order chi connectivity index (χ0) is 15.6. The minimum absolute atomic E-state index is 0.279. The summed E-state index contributed by atoms with van der Waals surface area (Å²) in [5.74, 6) is -0.901. The van der Waals surface area contributed by atoms with Crippen molar-refractivity contribution in [1.29, 1.82) is 0 Å². The molecule has 1 aromatic carbocycles. The molecule has 0 aromatic heterocycles. The van der Waals surface area contributed by atoms with Gasteiger partial charge in [0.2, 0.25) is 0 Å². The maximum atomic E-state index is 11.9. The third-order valence-corrected chi connectivity index (χ3v) is 4.44. The molecule has 0 radical (unpaired) electrons. The van der Waals surface area contributed by atoms with Crippen LogP contribution < -0.4 is 0 Å². The summed E-state index contributed by atoms with van der Waals surface area (Å²) in [4.78, 5) is 28.2. The molecule has 21 heavy (non-hydrogen) atoms. The molecule has 1 aliphatic carbocycles. The van der Waals surface area contributed by atoms with Crippen molar-refractivity contribution in [1.82, 2.24) is 0 Å². The maximum absolute atomic E-state index is 11.9. The molecule has 0 N–H and O–H groups in total. The zero-order valence-corrected chi connectivity index (χ0v) is 13.9. The van der Waals surface area contributed by atoms with E-state index in [2.05, 4.69) is 21.1 Å². The predicted octanol–water partition coefficient (Wildman–Crippen LogP) is 3.71. The molecule has 0 heterocycles. The van der Waals surface area contributed by atoms with Gasteiger partial charge in [-0.2, -0.15) is 0 Å². The van der Waals surface area contributed by atoms with Crippen molar-refractivity contribution in [2.24, 2.45) is 5.16 Å². The molecule has 7 heteroatoms. The average molecular weight is 391 g/mol. The van der Waals surface area contributed by atoms with Gasteiger partial charge in [0.1, 0.15) is 16.5 Å². The number of hydrogen-bond acceptors (Lipinski definition) is 4. The molecule has 2 rings (SSSR count). The van der Waals surface area contributed by atoms with Gasteiger partial charge in [-0.1, -0.05) is 21.1 Å². The van der Waals surface area contributed by atoms with Gasteiger partial charge in [-0.3, -0.25) is 4.79 Å². The van der Waals surface area contributed by atoms with Crippen LogP contribution in [-0.4, -0.2) is 28.2 Å². The van der Waals surface area contributed by atoms with Gasteiger partial charge in [0, 0.05) is 4.47 Å². The van der Waals surface area contributed by atoms with Gasteiger partial charge < -0.3 is 4.84 Å². The standard InChI is InChI=1S/C14H10BrCl2NO3/c1-7-6-10(19)11(16)12(17)13(7)18-21-14(20)8-2-4-9(15)5-3-8/h2-6,11-12H,1H3. The largest absolute Gasteiger partial charge is 0.365 e. The Labute approximate surface area is 139 Å². The molecule has 0 saturated carbocycles. The number of ketones is 1. The van der Waals surface area contributed by atoms with Crippen molar-refractivity contribution < 1.29 is 14.4 Å². The van der Waals surface area contributed by atoms with Crippen LogP contribution in [0.1, 0.15) is 17.3 Å². The first-order valence-electron chi connectivity index (χ1n) is 5.95. The van der Waals surface area contributed by atoms with Gasteiger partial charge in [-0.25, -0.2) is 4.79 Å². The lowest BCUT2D eigenvalue weighted by molar-refractivity contribution is -0.114. The van der Waals surface area contributed by atoms with E-state index >= 15 is 0 Å². The normalized spacial score (nSPS) is 23.9. The highest BCUT2D eigenvalue weighted by Gasteiger charge is 2.33. The van der Waals surface area contributed by atoms with E-state index in [0.29, 0.717) is 11.1 Å². The number of carbonyl (C=O) groups is 2. The summed E-state index contributed by atoms with van der Waals surface area (Å²) in [5.41, 5.74) is 1.16. The van der Waals surface area contributed by atoms with E-state index in [1.165, 1.54) is 6.08 Å². The second kappa shape index (κ2) is 6.73. The van der Waals surface area contributed by atoms with Crippen LogP contribution in [0.5, 0.6) is 0 Å². The maximum Gasteiger partial charge on any atom is 0.365 e. The highest BCUT2D eigenvalue weighted by atomic mass is 79.9. The molecule has 110 valence electrons. The van der Waals surface area contributed by atoms with Crippen LogP contribution >= 0.6 is 39.1 Å². The Kier molecular flexibility index (Phi) is 5.19. The van der Waals surface area contributed by atoms with Gasteiger partial charge in [0.05, 0.1) is 5.56 Å². The lowest BCUT2D eigenvalue weighted by Gasteiger charge is -2.20. The number of hydrogen-bond donors (Lipinski definition) is 0. The van der Waals surface area contributed by atoms with Gasteiger partial charge in [0.25, 0.3) is 0 Å². The van der Waals surface area contributed by atoms with Crippen molar-refractivity contribution in [3.05, 3.63) is 46.0 Å². The van der Waals surface area contributed by atoms with Crippen molar-refractivity contribution in [3.63, 3.8) is 0 Å². The summed E-state index contributed by atoms with van der Waals surface area (Å²) < 4.78 is 0.848. The van der Waals surface area contributed by atoms with Crippen LogP contribution in [-0.2, 0) is 9.63 Å². The number of carbonyl (C=O) groups excluding carboxylic acids is 2. The molecule has 1 aliphatic rings. The Morgan fingerprint density at radius 2 is 1.86 bits per heavy atom. The number of oxime groups is 1. The fourth-order valence-corrected chi connectivity index (χ4v) is 2.50. The average Bonchev–Trinajstić information content (AvgIpc) is 2.45. The Balaban J connectivity index is 2.16. The highest BCUT2D eigenvalue weighted by Crippen LogP contribution is 2.23. The summed E-state index contributed by atoms with van der Waals surface area (Å²) in [5, 5.41) is 2.00. The number of alkyl halides is 2. The minimum atomic E-state index is -0.916. The summed E-state index contributed by atoms with van der Waals surface area (Å²) in [7, 11) is 0. The quantitative estimate of drug-likeness (QED) is 0.439. The Hall–Kier alpha value is -1.17. The van der Waals surface area contributed by atoms with Crippen LogP contribution in [0.25, 0.3) is 0 Å². The number of benzene rings is 1. The molecule has 4 nitrogen and oxygen atoms in total. The Morgan fingerprint density at radius 3 is 2.48 bits per heavy atom. The van der Waals surface area contributed by atoms with E-state index in [4.69, 9.17) is 28.0 Å². The summed E-state index contributed by atoms with van der Waals surface area (Å²) in [6.45, 7) is 1.66. The molecule has 0 aliphatic heterocycles. The first-order valence-corrected chi connectivity index (χ1v) is 7.62. The van der Waals surface area contributed by atoms with E-state index < -0.39 is 16.7 Å². The van der Waals surface area contributed by atoms with E-state index in [1.54, 1.807) is 31.2 Å². The van der Waals surface area contributed by atoms with Crippen molar-refractivity contribution in [2.75, 3.05) is 0 Å². The predicted molar refractivity (Wildman–Crippen MR) is 85.0 cm³/mol. The third kappa shape index (κ3) is 3.73. The molecule has 2 atom stereocenters. The van der Waals surface area contributed by atoms with Crippen LogP contribution in [0.3, 0.4) is 0 Å². The van der Waals surface area contributed by atoms with Crippen molar-refractivity contribution in [3.8, 4) is 0 Å². The second-order valence-corrected chi connectivity index (χ2v) is 6.25. The van der Waals surface area contributed by atoms with E-state index in [9.17, 15) is 9.59 Å². The van der Waals surface area contributed by atoms with Gasteiger partial charge in [-0.05, 0) is 42.8 Å². The van der Waals surface area contributed by atoms with Crippen LogP contribution in [0.2, 0.25) is 0 Å². The number of allylic oxidation sites excluding steroid dienone is 2. The Morgan fingerprint density at radius 1 is 1.24 bits per heavy atom. The molecular weight excluding hydrogens is 381 g/mol. The van der Waals surface area contributed by atoms with Crippen LogP contribution in [0, 0.1) is 0 Å². The van der Waals surface area contributed by atoms with E-state index in [-0.39, 0.29) is 11.5 Å². The first-order chi connectivity index (χ1) is 9.90. The van der Waals surface area contributed by atoms with Gasteiger partial charge in [-0.15, -0.1) is 23.2 Å². The highest BCUT2D eigenvalue weighted by molar-refractivity contribution is 9.10. The number of rotatable bonds is 2. The SMILES string of the molecule is CC1=CC(=O)C(Cl)C(Cl)C1=NOC(=O)c1ccc(Br)cc1. The van der Waals surface area contributed by atoms with E-state index in [0.717, 1.165) is 4.47 Å². The van der Waals surface area contributed by atoms with E-state index in [1.807, 2.05) is 0 Å². The fraction of sp³-hybridized carbons (Fsp3) is 0.214. The molecule has 0 spiro atoms. The molecule has 2 unspecified atom stereocenters. The monoisotopic (exact) mass is 389 g/mol. The Bertz CT molecular complexity index is 640. The van der Waals surface area contributed by atoms with Crippen LogP contribution in [0.15, 0.2) is 45.5 Å². The topological polar surface area (TPSA) is 55.7 Å². The lowest BCUT2D eigenvalue weighted by Crippen LogP contribution is -2.36.